The molecule has 1 aliphatic heterocycles. The van der Waals surface area contributed by atoms with Crippen LogP contribution in [0.25, 0.3) is 0 Å². The fourth-order valence-electron chi connectivity index (χ4n) is 3.25. The molecule has 0 aromatic heterocycles. The number of nitro benzene ring substituents is 2. The molecule has 1 aliphatic rings. The van der Waals surface area contributed by atoms with Gasteiger partial charge in [0.25, 0.3) is 11.4 Å². The molecular weight excluding hydrogens is 388 g/mol. The highest BCUT2D eigenvalue weighted by molar-refractivity contribution is 6.30. The normalized spacial score (nSPS) is 14.1. The highest BCUT2D eigenvalue weighted by Gasteiger charge is 2.27. The lowest BCUT2D eigenvalue weighted by molar-refractivity contribution is -0.384. The number of carbonyl (C=O) groups is 1. The second kappa shape index (κ2) is 7.81. The van der Waals surface area contributed by atoms with Crippen LogP contribution in [-0.4, -0.2) is 41.8 Å². The molecule has 0 unspecified atom stereocenters. The van der Waals surface area contributed by atoms with Gasteiger partial charge in [-0.1, -0.05) is 11.6 Å². The molecule has 0 amide bonds. The number of rotatable bonds is 5. The molecule has 9 nitrogen and oxygen atoms in total. The summed E-state index contributed by atoms with van der Waals surface area (Å²) in [6.07, 6.45) is 0. The van der Waals surface area contributed by atoms with E-state index in [9.17, 15) is 25.0 Å². The summed E-state index contributed by atoms with van der Waals surface area (Å²) in [7, 11) is 0. The lowest BCUT2D eigenvalue weighted by Crippen LogP contribution is -2.46. The number of ketones is 1. The number of piperazine rings is 1. The van der Waals surface area contributed by atoms with Crippen molar-refractivity contribution in [3.8, 4) is 0 Å². The molecule has 3 rings (SSSR count). The number of nitro groups is 2. The maximum Gasteiger partial charge on any atom is 0.294 e. The molecule has 1 saturated heterocycles. The molecule has 0 spiro atoms. The third kappa shape index (κ3) is 3.89. The zero-order valence-corrected chi connectivity index (χ0v) is 15.8. The third-order valence-corrected chi connectivity index (χ3v) is 4.91. The van der Waals surface area contributed by atoms with Crippen molar-refractivity contribution in [2.75, 3.05) is 36.0 Å². The van der Waals surface area contributed by atoms with Gasteiger partial charge in [0.05, 0.1) is 9.85 Å². The Morgan fingerprint density at radius 2 is 1.36 bits per heavy atom. The molecule has 0 saturated carbocycles. The van der Waals surface area contributed by atoms with E-state index in [0.29, 0.717) is 37.6 Å². The monoisotopic (exact) mass is 404 g/mol. The average Bonchev–Trinajstić information content (AvgIpc) is 2.67. The van der Waals surface area contributed by atoms with E-state index >= 15 is 0 Å². The third-order valence-electron chi connectivity index (χ3n) is 4.67. The van der Waals surface area contributed by atoms with Gasteiger partial charge >= 0.3 is 0 Å². The topological polar surface area (TPSA) is 110 Å². The highest BCUT2D eigenvalue weighted by Crippen LogP contribution is 2.34. The Labute approximate surface area is 165 Å². The first kappa shape index (κ1) is 19.6. The van der Waals surface area contributed by atoms with Crippen LogP contribution in [0.5, 0.6) is 0 Å². The van der Waals surface area contributed by atoms with Gasteiger partial charge in [-0.2, -0.15) is 0 Å². The van der Waals surface area contributed by atoms with Gasteiger partial charge in [-0.15, -0.1) is 0 Å². The highest BCUT2D eigenvalue weighted by atomic mass is 35.5. The van der Waals surface area contributed by atoms with Crippen LogP contribution in [0.2, 0.25) is 5.02 Å². The molecule has 0 N–H and O–H groups in total. The van der Waals surface area contributed by atoms with Crippen molar-refractivity contribution < 1.29 is 14.6 Å². The molecule has 0 aliphatic carbocycles. The fraction of sp³-hybridized carbons (Fsp3) is 0.278. The molecule has 0 radical (unpaired) electrons. The molecule has 0 atom stereocenters. The van der Waals surface area contributed by atoms with Crippen molar-refractivity contribution in [1.29, 1.82) is 0 Å². The molecular formula is C18H17ClN4O5. The van der Waals surface area contributed by atoms with Gasteiger partial charge in [-0.05, 0) is 31.2 Å². The van der Waals surface area contributed by atoms with E-state index in [1.165, 1.54) is 19.1 Å². The Balaban J connectivity index is 1.82. The molecule has 1 fully saturated rings. The molecule has 10 heteroatoms. The van der Waals surface area contributed by atoms with Gasteiger partial charge in [-0.25, -0.2) is 0 Å². The van der Waals surface area contributed by atoms with Gasteiger partial charge in [0.2, 0.25) is 0 Å². The first-order valence-electron chi connectivity index (χ1n) is 8.51. The smallest absolute Gasteiger partial charge is 0.294 e. The van der Waals surface area contributed by atoms with E-state index in [0.717, 1.165) is 0 Å². The number of halogens is 1. The molecule has 28 heavy (non-hydrogen) atoms. The second-order valence-corrected chi connectivity index (χ2v) is 6.82. The largest absolute Gasteiger partial charge is 0.362 e. The zero-order chi connectivity index (χ0) is 20.4. The summed E-state index contributed by atoms with van der Waals surface area (Å²) in [6.45, 7) is 3.15. The van der Waals surface area contributed by atoms with Crippen molar-refractivity contribution in [3.63, 3.8) is 0 Å². The maximum atomic E-state index is 11.5. The Bertz CT molecular complexity index is 957. The first-order valence-corrected chi connectivity index (χ1v) is 8.89. The van der Waals surface area contributed by atoms with E-state index in [1.54, 1.807) is 24.3 Å². The summed E-state index contributed by atoms with van der Waals surface area (Å²) in [5.41, 5.74) is 0.984. The minimum absolute atomic E-state index is 0.0715. The van der Waals surface area contributed by atoms with E-state index in [-0.39, 0.29) is 27.7 Å². The van der Waals surface area contributed by atoms with Crippen LogP contribution in [0.3, 0.4) is 0 Å². The number of anilines is 2. The lowest BCUT2D eigenvalue weighted by Gasteiger charge is -2.36. The second-order valence-electron chi connectivity index (χ2n) is 6.38. The number of hydrogen-bond donors (Lipinski definition) is 0. The summed E-state index contributed by atoms with van der Waals surface area (Å²) >= 11 is 5.87. The standard InChI is InChI=1S/C18H17ClN4O5/c1-12(24)13-2-4-15(17(10-13)22(25)26)20-6-8-21(9-7-20)16-5-3-14(19)11-18(16)23(27)28/h2-5,10-11H,6-9H2,1H3. The van der Waals surface area contributed by atoms with Crippen molar-refractivity contribution in [3.05, 3.63) is 67.2 Å². The molecule has 2 aromatic carbocycles. The van der Waals surface area contributed by atoms with Gasteiger partial charge < -0.3 is 9.80 Å². The molecule has 1 heterocycles. The van der Waals surface area contributed by atoms with E-state index in [4.69, 9.17) is 11.6 Å². The Morgan fingerprint density at radius 3 is 1.82 bits per heavy atom. The van der Waals surface area contributed by atoms with Crippen molar-refractivity contribution in [2.24, 2.45) is 0 Å². The van der Waals surface area contributed by atoms with E-state index in [2.05, 4.69) is 0 Å². The summed E-state index contributed by atoms with van der Waals surface area (Å²) in [5, 5.41) is 23.0. The predicted octanol–water partition coefficient (Wildman–Crippen LogP) is 3.69. The summed E-state index contributed by atoms with van der Waals surface area (Å²) in [6, 6.07) is 8.96. The quantitative estimate of drug-likeness (QED) is 0.424. The van der Waals surface area contributed by atoms with Gasteiger partial charge in [0, 0.05) is 48.9 Å². The molecule has 2 aromatic rings. The SMILES string of the molecule is CC(=O)c1ccc(N2CCN(c3ccc(Cl)cc3[N+](=O)[O-])CC2)c([N+](=O)[O-])c1. The van der Waals surface area contributed by atoms with Crippen LogP contribution in [0.4, 0.5) is 22.7 Å². The van der Waals surface area contributed by atoms with Gasteiger partial charge in [0.1, 0.15) is 11.4 Å². The Morgan fingerprint density at radius 1 is 0.893 bits per heavy atom. The zero-order valence-electron chi connectivity index (χ0n) is 15.0. The summed E-state index contributed by atoms with van der Waals surface area (Å²) < 4.78 is 0. The summed E-state index contributed by atoms with van der Waals surface area (Å²) in [4.78, 5) is 37.0. The molecule has 146 valence electrons. The molecule has 0 bridgehead atoms. The van der Waals surface area contributed by atoms with Crippen LogP contribution in [0.15, 0.2) is 36.4 Å². The minimum Gasteiger partial charge on any atom is -0.362 e. The van der Waals surface area contributed by atoms with E-state index in [1.807, 2.05) is 9.80 Å². The van der Waals surface area contributed by atoms with Crippen molar-refractivity contribution in [1.82, 2.24) is 0 Å². The Hall–Kier alpha value is -3.20. The van der Waals surface area contributed by atoms with Gasteiger partial charge in [-0.3, -0.25) is 25.0 Å². The maximum absolute atomic E-state index is 11.5. The van der Waals surface area contributed by atoms with Gasteiger partial charge in [0.15, 0.2) is 5.78 Å². The van der Waals surface area contributed by atoms with Crippen molar-refractivity contribution in [2.45, 2.75) is 6.92 Å². The lowest BCUT2D eigenvalue weighted by atomic mass is 10.1. The average molecular weight is 405 g/mol. The van der Waals surface area contributed by atoms with Crippen LogP contribution in [0, 0.1) is 20.2 Å². The predicted molar refractivity (Wildman–Crippen MR) is 106 cm³/mol. The number of carbonyl (C=O) groups excluding carboxylic acids is 1. The number of Topliss-reactive ketones (excluding diaryl/α,β-unsaturated/α-hetero) is 1. The van der Waals surface area contributed by atoms with Crippen LogP contribution in [0.1, 0.15) is 17.3 Å². The minimum atomic E-state index is -0.502. The van der Waals surface area contributed by atoms with Crippen LogP contribution in [-0.2, 0) is 0 Å². The van der Waals surface area contributed by atoms with Crippen LogP contribution >= 0.6 is 11.6 Å². The van der Waals surface area contributed by atoms with Crippen molar-refractivity contribution >= 4 is 40.1 Å². The number of benzene rings is 2. The van der Waals surface area contributed by atoms with Crippen LogP contribution < -0.4 is 9.80 Å². The number of nitrogens with zero attached hydrogens (tertiary/aromatic N) is 4. The number of hydrogen-bond acceptors (Lipinski definition) is 7. The fourth-order valence-corrected chi connectivity index (χ4v) is 3.42. The van der Waals surface area contributed by atoms with E-state index < -0.39 is 9.85 Å². The first-order chi connectivity index (χ1) is 13.3. The summed E-state index contributed by atoms with van der Waals surface area (Å²) in [5.74, 6) is -0.241. The Kier molecular flexibility index (Phi) is 5.46.